The van der Waals surface area contributed by atoms with Gasteiger partial charge in [-0.25, -0.2) is 4.79 Å². The summed E-state index contributed by atoms with van der Waals surface area (Å²) in [6.45, 7) is 7.64. The normalized spacial score (nSPS) is 17.9. The van der Waals surface area contributed by atoms with Crippen LogP contribution in [0.25, 0.3) is 0 Å². The molecule has 1 amide bonds. The van der Waals surface area contributed by atoms with Crippen molar-refractivity contribution in [2.45, 2.75) is 51.3 Å². The highest BCUT2D eigenvalue weighted by Gasteiger charge is 2.36. The summed E-state index contributed by atoms with van der Waals surface area (Å²) in [5.41, 5.74) is 0.781. The summed E-state index contributed by atoms with van der Waals surface area (Å²) in [7, 11) is 0. The standard InChI is InChI=1S/C24H29ClN2O4/c1-16(17-7-9-18(10-8-17)23(29)30)26-22(28)14-24(2,3)27-12-11-21(15-27)31-20-6-4-5-19(25)13-20/h4-10,13,16,21H,11-12,14-15H2,1-3H3,(H,26,28)(H,29,30)/t16-,21+/m0/s1. The van der Waals surface area contributed by atoms with Crippen molar-refractivity contribution in [1.82, 2.24) is 10.2 Å². The monoisotopic (exact) mass is 444 g/mol. The second kappa shape index (κ2) is 9.71. The number of rotatable bonds is 8. The van der Waals surface area contributed by atoms with E-state index in [1.807, 2.05) is 31.2 Å². The van der Waals surface area contributed by atoms with Gasteiger partial charge in [0.15, 0.2) is 0 Å². The molecule has 1 saturated heterocycles. The van der Waals surface area contributed by atoms with E-state index in [9.17, 15) is 9.59 Å². The number of halogens is 1. The zero-order valence-electron chi connectivity index (χ0n) is 18.1. The van der Waals surface area contributed by atoms with E-state index in [0.29, 0.717) is 11.4 Å². The Morgan fingerprint density at radius 1 is 1.26 bits per heavy atom. The third-order valence-electron chi connectivity index (χ3n) is 5.73. The van der Waals surface area contributed by atoms with Crippen LogP contribution in [0.4, 0.5) is 0 Å². The minimum absolute atomic E-state index is 0.0426. The van der Waals surface area contributed by atoms with Crippen LogP contribution in [0.15, 0.2) is 48.5 Å². The van der Waals surface area contributed by atoms with Crippen molar-refractivity contribution in [1.29, 1.82) is 0 Å². The van der Waals surface area contributed by atoms with Gasteiger partial charge in [-0.2, -0.15) is 0 Å². The molecule has 2 aromatic carbocycles. The van der Waals surface area contributed by atoms with E-state index in [4.69, 9.17) is 21.4 Å². The zero-order chi connectivity index (χ0) is 22.6. The summed E-state index contributed by atoms with van der Waals surface area (Å²) < 4.78 is 6.07. The summed E-state index contributed by atoms with van der Waals surface area (Å²) in [6, 6.07) is 13.8. The minimum atomic E-state index is -0.965. The highest BCUT2D eigenvalue weighted by molar-refractivity contribution is 6.30. The van der Waals surface area contributed by atoms with Gasteiger partial charge >= 0.3 is 5.97 Å². The third kappa shape index (κ3) is 6.21. The quantitative estimate of drug-likeness (QED) is 0.625. The van der Waals surface area contributed by atoms with Gasteiger partial charge in [0.1, 0.15) is 11.9 Å². The van der Waals surface area contributed by atoms with Crippen molar-refractivity contribution in [2.24, 2.45) is 0 Å². The number of carboxylic acids is 1. The Kier molecular flexibility index (Phi) is 7.23. The van der Waals surface area contributed by atoms with E-state index < -0.39 is 5.97 Å². The van der Waals surface area contributed by atoms with Crippen molar-refractivity contribution in [3.63, 3.8) is 0 Å². The number of likely N-dealkylation sites (tertiary alicyclic amines) is 1. The number of nitrogens with zero attached hydrogens (tertiary/aromatic N) is 1. The molecule has 3 rings (SSSR count). The molecule has 2 aromatic rings. The van der Waals surface area contributed by atoms with Gasteiger partial charge in [0.25, 0.3) is 0 Å². The number of hydrogen-bond donors (Lipinski definition) is 2. The fourth-order valence-corrected chi connectivity index (χ4v) is 4.08. The first kappa shape index (κ1) is 23.1. The van der Waals surface area contributed by atoms with Gasteiger partial charge in [-0.1, -0.05) is 29.8 Å². The highest BCUT2D eigenvalue weighted by Crippen LogP contribution is 2.28. The molecule has 0 unspecified atom stereocenters. The Morgan fingerprint density at radius 3 is 2.61 bits per heavy atom. The number of carbonyl (C=O) groups excluding carboxylic acids is 1. The van der Waals surface area contributed by atoms with Gasteiger partial charge in [0.05, 0.1) is 11.6 Å². The number of hydrogen-bond acceptors (Lipinski definition) is 4. The summed E-state index contributed by atoms with van der Waals surface area (Å²) in [6.07, 6.45) is 1.31. The molecule has 1 aliphatic rings. The predicted octanol–water partition coefficient (Wildman–Crippen LogP) is 4.54. The third-order valence-corrected chi connectivity index (χ3v) is 5.96. The summed E-state index contributed by atoms with van der Waals surface area (Å²) in [5.74, 6) is -0.245. The van der Waals surface area contributed by atoms with E-state index in [2.05, 4.69) is 24.1 Å². The molecule has 0 spiro atoms. The second-order valence-electron chi connectivity index (χ2n) is 8.64. The van der Waals surface area contributed by atoms with Crippen molar-refractivity contribution in [3.8, 4) is 5.75 Å². The average Bonchev–Trinajstić information content (AvgIpc) is 3.17. The summed E-state index contributed by atoms with van der Waals surface area (Å²) in [4.78, 5) is 26.0. The highest BCUT2D eigenvalue weighted by atomic mass is 35.5. The number of nitrogens with one attached hydrogen (secondary N) is 1. The summed E-state index contributed by atoms with van der Waals surface area (Å²) in [5, 5.41) is 12.7. The molecule has 1 fully saturated rings. The summed E-state index contributed by atoms with van der Waals surface area (Å²) >= 11 is 6.04. The van der Waals surface area contributed by atoms with Crippen LogP contribution in [-0.4, -0.2) is 46.6 Å². The fraction of sp³-hybridized carbons (Fsp3) is 0.417. The molecule has 31 heavy (non-hydrogen) atoms. The van der Waals surface area contributed by atoms with E-state index in [0.717, 1.165) is 30.8 Å². The average molecular weight is 445 g/mol. The van der Waals surface area contributed by atoms with Crippen molar-refractivity contribution >= 4 is 23.5 Å². The molecule has 166 valence electrons. The molecule has 2 N–H and O–H groups in total. The maximum Gasteiger partial charge on any atom is 0.335 e. The van der Waals surface area contributed by atoms with Crippen LogP contribution in [-0.2, 0) is 4.79 Å². The molecule has 0 bridgehead atoms. The molecule has 0 aromatic heterocycles. The SMILES string of the molecule is C[C@H](NC(=O)CC(C)(C)N1CC[C@@H](Oc2cccc(Cl)c2)C1)c1ccc(C(=O)O)cc1. The van der Waals surface area contributed by atoms with Gasteiger partial charge in [-0.05, 0) is 63.1 Å². The molecule has 0 radical (unpaired) electrons. The van der Waals surface area contributed by atoms with E-state index in [-0.39, 0.29) is 29.2 Å². The van der Waals surface area contributed by atoms with Crippen LogP contribution in [0.1, 0.15) is 55.6 Å². The first-order chi connectivity index (χ1) is 14.6. The van der Waals surface area contributed by atoms with Crippen molar-refractivity contribution in [2.75, 3.05) is 13.1 Å². The number of ether oxygens (including phenoxy) is 1. The lowest BCUT2D eigenvalue weighted by molar-refractivity contribution is -0.124. The maximum absolute atomic E-state index is 12.7. The molecule has 1 aliphatic heterocycles. The van der Waals surface area contributed by atoms with E-state index >= 15 is 0 Å². The molecular formula is C24H29ClN2O4. The van der Waals surface area contributed by atoms with E-state index in [1.165, 1.54) is 0 Å². The topological polar surface area (TPSA) is 78.9 Å². The van der Waals surface area contributed by atoms with Crippen LogP contribution in [0, 0.1) is 0 Å². The Balaban J connectivity index is 1.52. The Morgan fingerprint density at radius 2 is 1.97 bits per heavy atom. The molecule has 0 saturated carbocycles. The predicted molar refractivity (Wildman–Crippen MR) is 121 cm³/mol. The molecular weight excluding hydrogens is 416 g/mol. The van der Waals surface area contributed by atoms with Gasteiger partial charge in [-0.3, -0.25) is 9.69 Å². The first-order valence-corrected chi connectivity index (χ1v) is 10.8. The molecule has 2 atom stereocenters. The van der Waals surface area contributed by atoms with Gasteiger partial charge in [0, 0.05) is 30.1 Å². The number of amides is 1. The number of aromatic carboxylic acids is 1. The molecule has 7 heteroatoms. The molecule has 1 heterocycles. The van der Waals surface area contributed by atoms with Gasteiger partial charge in [0.2, 0.25) is 5.91 Å². The Bertz CT molecular complexity index is 929. The fourth-order valence-electron chi connectivity index (χ4n) is 3.90. The van der Waals surface area contributed by atoms with Crippen molar-refractivity contribution in [3.05, 3.63) is 64.7 Å². The van der Waals surface area contributed by atoms with Crippen LogP contribution >= 0.6 is 11.6 Å². The Labute approximate surface area is 188 Å². The van der Waals surface area contributed by atoms with Crippen molar-refractivity contribution < 1.29 is 19.4 Å². The van der Waals surface area contributed by atoms with Gasteiger partial charge in [-0.15, -0.1) is 0 Å². The second-order valence-corrected chi connectivity index (χ2v) is 9.07. The lowest BCUT2D eigenvalue weighted by Crippen LogP contribution is -2.46. The smallest absolute Gasteiger partial charge is 0.335 e. The minimum Gasteiger partial charge on any atom is -0.489 e. The molecule has 6 nitrogen and oxygen atoms in total. The largest absolute Gasteiger partial charge is 0.489 e. The van der Waals surface area contributed by atoms with E-state index in [1.54, 1.807) is 24.3 Å². The van der Waals surface area contributed by atoms with Gasteiger partial charge < -0.3 is 15.2 Å². The van der Waals surface area contributed by atoms with Crippen LogP contribution in [0.3, 0.4) is 0 Å². The lowest BCUT2D eigenvalue weighted by Gasteiger charge is -2.35. The van der Waals surface area contributed by atoms with Crippen LogP contribution in [0.5, 0.6) is 5.75 Å². The number of benzene rings is 2. The first-order valence-electron chi connectivity index (χ1n) is 10.4. The Hall–Kier alpha value is -2.57. The number of carboxylic acid groups (broad SMARTS) is 1. The maximum atomic E-state index is 12.7. The van der Waals surface area contributed by atoms with Crippen LogP contribution < -0.4 is 10.1 Å². The molecule has 0 aliphatic carbocycles. The lowest BCUT2D eigenvalue weighted by atomic mass is 9.97. The zero-order valence-corrected chi connectivity index (χ0v) is 18.9. The number of carbonyl (C=O) groups is 2. The van der Waals surface area contributed by atoms with Crippen LogP contribution in [0.2, 0.25) is 5.02 Å².